The van der Waals surface area contributed by atoms with E-state index in [2.05, 4.69) is 23.6 Å². The minimum Gasteiger partial charge on any atom is -0.454 e. The maximum atomic E-state index is 12.4. The van der Waals surface area contributed by atoms with Gasteiger partial charge in [0.05, 0.1) is 6.04 Å². The van der Waals surface area contributed by atoms with Crippen molar-refractivity contribution in [1.82, 2.24) is 4.90 Å². The molecule has 1 aliphatic heterocycles. The first-order valence-corrected chi connectivity index (χ1v) is 7.85. The third-order valence-electron chi connectivity index (χ3n) is 4.39. The van der Waals surface area contributed by atoms with Crippen molar-refractivity contribution >= 4 is 5.97 Å². The van der Waals surface area contributed by atoms with E-state index in [1.165, 1.54) is 0 Å². The lowest BCUT2D eigenvalue weighted by atomic mass is 9.91. The van der Waals surface area contributed by atoms with Gasteiger partial charge in [-0.05, 0) is 24.6 Å². The van der Waals surface area contributed by atoms with E-state index in [0.717, 1.165) is 11.1 Å². The number of carbonyl (C=O) groups excluding carboxylic acids is 1. The zero-order chi connectivity index (χ0) is 16.2. The van der Waals surface area contributed by atoms with Crippen LogP contribution in [0, 0.1) is 0 Å². The van der Waals surface area contributed by atoms with Gasteiger partial charge in [-0.3, -0.25) is 9.69 Å². The minimum absolute atomic E-state index is 0.0127. The number of carbonyl (C=O) groups is 1. The fourth-order valence-electron chi connectivity index (χ4n) is 3.22. The number of hydrogen-bond acceptors (Lipinski definition) is 3. The lowest BCUT2D eigenvalue weighted by Crippen LogP contribution is -2.49. The summed E-state index contributed by atoms with van der Waals surface area (Å²) in [7, 11) is 1.99. The number of benzene rings is 2. The van der Waals surface area contributed by atoms with Gasteiger partial charge in [0.2, 0.25) is 0 Å². The van der Waals surface area contributed by atoms with Crippen LogP contribution in [0.15, 0.2) is 73.3 Å². The van der Waals surface area contributed by atoms with Crippen molar-refractivity contribution in [3.05, 3.63) is 84.4 Å². The number of nitrogens with zero attached hydrogens (tertiary/aromatic N) is 1. The molecular formula is C20H21NO2. The quantitative estimate of drug-likeness (QED) is 0.634. The summed E-state index contributed by atoms with van der Waals surface area (Å²) >= 11 is 0. The van der Waals surface area contributed by atoms with E-state index >= 15 is 0 Å². The van der Waals surface area contributed by atoms with Crippen LogP contribution in [0.4, 0.5) is 0 Å². The fraction of sp³-hybridized carbons (Fsp3) is 0.250. The van der Waals surface area contributed by atoms with E-state index in [1.807, 2.05) is 55.6 Å². The Kier molecular flexibility index (Phi) is 4.58. The zero-order valence-corrected chi connectivity index (χ0v) is 13.3. The summed E-state index contributed by atoms with van der Waals surface area (Å²) in [5.41, 5.74) is 2.16. The van der Waals surface area contributed by atoms with Crippen molar-refractivity contribution in [3.63, 3.8) is 0 Å². The van der Waals surface area contributed by atoms with Crippen LogP contribution in [0.25, 0.3) is 0 Å². The Morgan fingerprint density at radius 2 is 1.61 bits per heavy atom. The molecular weight excluding hydrogens is 286 g/mol. The minimum atomic E-state index is -0.308. The summed E-state index contributed by atoms with van der Waals surface area (Å²) in [6, 6.07) is 19.8. The lowest BCUT2D eigenvalue weighted by molar-refractivity contribution is -0.173. The Labute approximate surface area is 137 Å². The Bertz CT molecular complexity index is 669. The zero-order valence-electron chi connectivity index (χ0n) is 13.3. The average Bonchev–Trinajstić information content (AvgIpc) is 2.59. The van der Waals surface area contributed by atoms with Crippen LogP contribution in [0.1, 0.15) is 29.7 Å². The molecule has 3 nitrogen and oxygen atoms in total. The molecule has 0 radical (unpaired) electrons. The Balaban J connectivity index is 2.03. The second-order valence-corrected chi connectivity index (χ2v) is 5.83. The van der Waals surface area contributed by atoms with Crippen molar-refractivity contribution in [2.45, 2.75) is 24.6 Å². The number of ether oxygens (including phenoxy) is 1. The van der Waals surface area contributed by atoms with Gasteiger partial charge in [-0.1, -0.05) is 66.7 Å². The van der Waals surface area contributed by atoms with E-state index in [4.69, 9.17) is 4.74 Å². The van der Waals surface area contributed by atoms with Gasteiger partial charge in [0.1, 0.15) is 12.1 Å². The van der Waals surface area contributed by atoms with Gasteiger partial charge in [0.25, 0.3) is 0 Å². The normalized spacial score (nSPS) is 24.9. The second kappa shape index (κ2) is 6.80. The standard InChI is InChI=1S/C20H21NO2/c1-3-10-17-20(22)23-19(16-13-8-5-9-14-16)18(21(17)2)15-11-6-4-7-12-15/h3-9,11-14,17-19H,1,10H2,2H3/t17-,18-,19+/m0/s1. The molecule has 2 aromatic rings. The first-order valence-electron chi connectivity index (χ1n) is 7.85. The molecule has 23 heavy (non-hydrogen) atoms. The monoisotopic (exact) mass is 307 g/mol. The molecule has 3 heteroatoms. The third kappa shape index (κ3) is 3.06. The van der Waals surface area contributed by atoms with Gasteiger partial charge in [0.15, 0.2) is 0 Å². The maximum Gasteiger partial charge on any atom is 0.324 e. The van der Waals surface area contributed by atoms with E-state index in [0.29, 0.717) is 6.42 Å². The molecule has 0 N–H and O–H groups in total. The molecule has 1 fully saturated rings. The van der Waals surface area contributed by atoms with Gasteiger partial charge in [-0.15, -0.1) is 6.58 Å². The molecule has 3 rings (SSSR count). The number of morpholine rings is 1. The van der Waals surface area contributed by atoms with Crippen LogP contribution in [0.3, 0.4) is 0 Å². The molecule has 0 bridgehead atoms. The Hall–Kier alpha value is -2.39. The van der Waals surface area contributed by atoms with Crippen molar-refractivity contribution < 1.29 is 9.53 Å². The summed E-state index contributed by atoms with van der Waals surface area (Å²) in [6.45, 7) is 3.76. The summed E-state index contributed by atoms with van der Waals surface area (Å²) < 4.78 is 5.85. The predicted molar refractivity (Wildman–Crippen MR) is 90.8 cm³/mol. The van der Waals surface area contributed by atoms with E-state index in [-0.39, 0.29) is 24.2 Å². The molecule has 1 heterocycles. The highest BCUT2D eigenvalue weighted by atomic mass is 16.6. The number of cyclic esters (lactones) is 1. The molecule has 3 atom stereocenters. The van der Waals surface area contributed by atoms with Crippen LogP contribution in [-0.4, -0.2) is 24.0 Å². The van der Waals surface area contributed by atoms with Crippen LogP contribution in [-0.2, 0) is 9.53 Å². The van der Waals surface area contributed by atoms with Crippen LogP contribution < -0.4 is 0 Å². The molecule has 0 spiro atoms. The summed E-state index contributed by atoms with van der Waals surface area (Å²) in [4.78, 5) is 14.6. The van der Waals surface area contributed by atoms with E-state index in [9.17, 15) is 4.79 Å². The summed E-state index contributed by atoms with van der Waals surface area (Å²) in [6.07, 6.45) is 2.05. The van der Waals surface area contributed by atoms with E-state index < -0.39 is 0 Å². The molecule has 1 aliphatic rings. The number of rotatable bonds is 4. The van der Waals surface area contributed by atoms with Gasteiger partial charge in [0, 0.05) is 0 Å². The van der Waals surface area contributed by atoms with Crippen molar-refractivity contribution in [2.75, 3.05) is 7.05 Å². The molecule has 0 aromatic heterocycles. The van der Waals surface area contributed by atoms with Crippen LogP contribution in [0.2, 0.25) is 0 Å². The maximum absolute atomic E-state index is 12.4. The second-order valence-electron chi connectivity index (χ2n) is 5.83. The SMILES string of the molecule is C=CC[C@H]1C(=O)O[C@H](c2ccccc2)[C@H](c2ccccc2)N1C. The highest BCUT2D eigenvalue weighted by Gasteiger charge is 2.42. The molecule has 0 aliphatic carbocycles. The molecule has 118 valence electrons. The molecule has 1 saturated heterocycles. The largest absolute Gasteiger partial charge is 0.454 e. The topological polar surface area (TPSA) is 29.5 Å². The molecule has 2 aromatic carbocycles. The molecule has 0 unspecified atom stereocenters. The van der Waals surface area contributed by atoms with Gasteiger partial charge < -0.3 is 4.74 Å². The summed E-state index contributed by atoms with van der Waals surface area (Å²) in [5.74, 6) is -0.187. The first-order chi connectivity index (χ1) is 11.2. The fourth-order valence-corrected chi connectivity index (χ4v) is 3.22. The molecule has 0 saturated carbocycles. The van der Waals surface area contributed by atoms with Crippen molar-refractivity contribution in [3.8, 4) is 0 Å². The van der Waals surface area contributed by atoms with Crippen LogP contribution in [0.5, 0.6) is 0 Å². The Morgan fingerprint density at radius 3 is 2.17 bits per heavy atom. The van der Waals surface area contributed by atoms with Crippen molar-refractivity contribution in [1.29, 1.82) is 0 Å². The third-order valence-corrected chi connectivity index (χ3v) is 4.39. The Morgan fingerprint density at radius 1 is 1.04 bits per heavy atom. The van der Waals surface area contributed by atoms with Gasteiger partial charge in [-0.25, -0.2) is 0 Å². The first kappa shape index (κ1) is 15.5. The predicted octanol–water partition coefficient (Wildman–Crippen LogP) is 3.90. The van der Waals surface area contributed by atoms with Gasteiger partial charge in [-0.2, -0.15) is 0 Å². The average molecular weight is 307 g/mol. The van der Waals surface area contributed by atoms with Crippen LogP contribution >= 0.6 is 0 Å². The van der Waals surface area contributed by atoms with Gasteiger partial charge >= 0.3 is 5.97 Å². The number of esters is 1. The lowest BCUT2D eigenvalue weighted by Gasteiger charge is -2.43. The molecule has 0 amide bonds. The van der Waals surface area contributed by atoms with E-state index in [1.54, 1.807) is 6.08 Å². The number of hydrogen-bond donors (Lipinski definition) is 0. The summed E-state index contributed by atoms with van der Waals surface area (Å²) in [5, 5.41) is 0. The highest BCUT2D eigenvalue weighted by Crippen LogP contribution is 2.41. The number of likely N-dealkylation sites (N-methyl/N-ethyl adjacent to an activating group) is 1. The smallest absolute Gasteiger partial charge is 0.324 e. The van der Waals surface area contributed by atoms with Crippen molar-refractivity contribution in [2.24, 2.45) is 0 Å². The highest BCUT2D eigenvalue weighted by molar-refractivity contribution is 5.77.